The highest BCUT2D eigenvalue weighted by Gasteiger charge is 2.32. The number of aryl methyl sites for hydroxylation is 1. The standard InChI is InChI=1S/C16H24N4O/c1-11-6-8-18-16(14(11)15(17)19-21)20-9-7-12-4-2-3-5-13(12)10-20/h6,8,12-13,21H,2-5,7,9-10H2,1H3,(H2,17,19). The van der Waals surface area contributed by atoms with Crippen molar-refractivity contribution < 1.29 is 5.21 Å². The van der Waals surface area contributed by atoms with Gasteiger partial charge in [0.2, 0.25) is 0 Å². The van der Waals surface area contributed by atoms with E-state index in [1.54, 1.807) is 0 Å². The molecule has 5 nitrogen and oxygen atoms in total. The van der Waals surface area contributed by atoms with Crippen molar-refractivity contribution in [2.75, 3.05) is 18.0 Å². The van der Waals surface area contributed by atoms with E-state index in [1.165, 1.54) is 32.1 Å². The van der Waals surface area contributed by atoms with Crippen molar-refractivity contribution in [1.29, 1.82) is 0 Å². The van der Waals surface area contributed by atoms with Gasteiger partial charge in [-0.25, -0.2) is 4.98 Å². The SMILES string of the molecule is Cc1ccnc(N2CCC3CCCCC3C2)c1/C(N)=N/O. The van der Waals surface area contributed by atoms with Gasteiger partial charge >= 0.3 is 0 Å². The van der Waals surface area contributed by atoms with Crippen LogP contribution in [0.25, 0.3) is 0 Å². The lowest BCUT2D eigenvalue weighted by Crippen LogP contribution is -2.43. The molecule has 1 aromatic rings. The summed E-state index contributed by atoms with van der Waals surface area (Å²) in [6.45, 7) is 4.04. The average molecular weight is 288 g/mol. The highest BCUT2D eigenvalue weighted by Crippen LogP contribution is 2.37. The molecule has 2 fully saturated rings. The first kappa shape index (κ1) is 14.2. The van der Waals surface area contributed by atoms with Crippen molar-refractivity contribution in [2.24, 2.45) is 22.7 Å². The maximum Gasteiger partial charge on any atom is 0.174 e. The number of oxime groups is 1. The van der Waals surface area contributed by atoms with Gasteiger partial charge < -0.3 is 15.8 Å². The smallest absolute Gasteiger partial charge is 0.174 e. The fourth-order valence-corrected chi connectivity index (χ4v) is 3.94. The van der Waals surface area contributed by atoms with Crippen molar-refractivity contribution in [3.63, 3.8) is 0 Å². The van der Waals surface area contributed by atoms with Gasteiger partial charge in [0.25, 0.3) is 0 Å². The van der Waals surface area contributed by atoms with Crippen LogP contribution in [0.3, 0.4) is 0 Å². The quantitative estimate of drug-likeness (QED) is 0.379. The van der Waals surface area contributed by atoms with Gasteiger partial charge in [0.05, 0.1) is 5.56 Å². The first-order valence-electron chi connectivity index (χ1n) is 7.89. The molecule has 0 bridgehead atoms. The molecular formula is C16H24N4O. The molecule has 2 atom stereocenters. The van der Waals surface area contributed by atoms with Crippen molar-refractivity contribution >= 4 is 11.7 Å². The van der Waals surface area contributed by atoms with Crippen LogP contribution in [0.5, 0.6) is 0 Å². The highest BCUT2D eigenvalue weighted by atomic mass is 16.4. The Kier molecular flexibility index (Phi) is 3.99. The molecule has 1 aliphatic heterocycles. The van der Waals surface area contributed by atoms with Crippen LogP contribution in [-0.4, -0.2) is 29.1 Å². The number of piperidine rings is 1. The molecule has 21 heavy (non-hydrogen) atoms. The summed E-state index contributed by atoms with van der Waals surface area (Å²) in [5, 5.41) is 12.2. The van der Waals surface area contributed by atoms with Gasteiger partial charge in [0.1, 0.15) is 5.82 Å². The number of fused-ring (bicyclic) bond motifs is 1. The fourth-order valence-electron chi connectivity index (χ4n) is 3.94. The number of amidine groups is 1. The van der Waals surface area contributed by atoms with E-state index >= 15 is 0 Å². The van der Waals surface area contributed by atoms with Crippen LogP contribution in [0.4, 0.5) is 5.82 Å². The summed E-state index contributed by atoms with van der Waals surface area (Å²) >= 11 is 0. The summed E-state index contributed by atoms with van der Waals surface area (Å²) in [4.78, 5) is 6.85. The lowest BCUT2D eigenvalue weighted by Gasteiger charge is -2.42. The molecule has 114 valence electrons. The van der Waals surface area contributed by atoms with Gasteiger partial charge in [-0.1, -0.05) is 24.4 Å². The van der Waals surface area contributed by atoms with Crippen molar-refractivity contribution in [3.8, 4) is 0 Å². The topological polar surface area (TPSA) is 74.7 Å². The van der Waals surface area contributed by atoms with Gasteiger partial charge in [0, 0.05) is 19.3 Å². The highest BCUT2D eigenvalue weighted by molar-refractivity contribution is 6.02. The van der Waals surface area contributed by atoms with Crippen LogP contribution in [-0.2, 0) is 0 Å². The second-order valence-corrected chi connectivity index (χ2v) is 6.35. The molecular weight excluding hydrogens is 264 g/mol. The van der Waals surface area contributed by atoms with E-state index < -0.39 is 0 Å². The number of aromatic nitrogens is 1. The van der Waals surface area contributed by atoms with Crippen molar-refractivity contribution in [3.05, 3.63) is 23.4 Å². The van der Waals surface area contributed by atoms with Gasteiger partial charge in [-0.3, -0.25) is 0 Å². The number of hydrogen-bond acceptors (Lipinski definition) is 4. The van der Waals surface area contributed by atoms with Crippen LogP contribution in [0, 0.1) is 18.8 Å². The van der Waals surface area contributed by atoms with E-state index in [1.807, 2.05) is 19.2 Å². The van der Waals surface area contributed by atoms with Crippen molar-refractivity contribution in [1.82, 2.24) is 4.98 Å². The molecule has 0 radical (unpaired) electrons. The average Bonchev–Trinajstić information content (AvgIpc) is 2.53. The molecule has 1 aliphatic carbocycles. The third kappa shape index (κ3) is 2.69. The Morgan fingerprint density at radius 2 is 2.10 bits per heavy atom. The molecule has 2 heterocycles. The summed E-state index contributed by atoms with van der Waals surface area (Å²) in [6, 6.07) is 1.91. The molecule has 0 aromatic carbocycles. The first-order chi connectivity index (χ1) is 10.2. The van der Waals surface area contributed by atoms with E-state index in [4.69, 9.17) is 10.9 Å². The molecule has 0 amide bonds. The van der Waals surface area contributed by atoms with Gasteiger partial charge in [-0.2, -0.15) is 0 Å². The predicted octanol–water partition coefficient (Wildman–Crippen LogP) is 2.50. The summed E-state index contributed by atoms with van der Waals surface area (Å²) in [6.07, 6.45) is 8.49. The predicted molar refractivity (Wildman–Crippen MR) is 83.8 cm³/mol. The van der Waals surface area contributed by atoms with E-state index in [0.29, 0.717) is 0 Å². The zero-order chi connectivity index (χ0) is 14.8. The van der Waals surface area contributed by atoms with Crippen LogP contribution < -0.4 is 10.6 Å². The fraction of sp³-hybridized carbons (Fsp3) is 0.625. The molecule has 2 unspecified atom stereocenters. The van der Waals surface area contributed by atoms with Crippen LogP contribution >= 0.6 is 0 Å². The molecule has 2 aliphatic rings. The monoisotopic (exact) mass is 288 g/mol. The number of nitrogens with zero attached hydrogens (tertiary/aromatic N) is 3. The number of nitrogens with two attached hydrogens (primary N) is 1. The Balaban J connectivity index is 1.89. The van der Waals surface area contributed by atoms with Crippen LogP contribution in [0.1, 0.15) is 43.2 Å². The van der Waals surface area contributed by atoms with E-state index in [2.05, 4.69) is 15.0 Å². The van der Waals surface area contributed by atoms with Gasteiger partial charge in [0.15, 0.2) is 5.84 Å². The zero-order valence-electron chi connectivity index (χ0n) is 12.6. The zero-order valence-corrected chi connectivity index (χ0v) is 12.6. The molecule has 5 heteroatoms. The third-order valence-electron chi connectivity index (χ3n) is 5.09. The van der Waals surface area contributed by atoms with Gasteiger partial charge in [-0.15, -0.1) is 0 Å². The first-order valence-corrected chi connectivity index (χ1v) is 7.89. The van der Waals surface area contributed by atoms with E-state index in [0.717, 1.165) is 41.9 Å². The Hall–Kier alpha value is -1.78. The Labute approximate surface area is 125 Å². The molecule has 1 saturated heterocycles. The molecule has 0 spiro atoms. The lowest BCUT2D eigenvalue weighted by atomic mass is 9.75. The van der Waals surface area contributed by atoms with E-state index in [9.17, 15) is 0 Å². The Bertz CT molecular complexity index is 543. The maximum absolute atomic E-state index is 9.04. The lowest BCUT2D eigenvalue weighted by molar-refractivity contribution is 0.202. The minimum Gasteiger partial charge on any atom is -0.409 e. The molecule has 1 aromatic heterocycles. The van der Waals surface area contributed by atoms with Crippen LogP contribution in [0.2, 0.25) is 0 Å². The Morgan fingerprint density at radius 3 is 2.86 bits per heavy atom. The van der Waals surface area contributed by atoms with Gasteiger partial charge in [-0.05, 0) is 43.2 Å². The summed E-state index contributed by atoms with van der Waals surface area (Å²) in [5.41, 5.74) is 7.64. The van der Waals surface area contributed by atoms with Crippen LogP contribution in [0.15, 0.2) is 17.4 Å². The minimum absolute atomic E-state index is 0.154. The number of rotatable bonds is 2. The molecule has 3 N–H and O–H groups in total. The largest absolute Gasteiger partial charge is 0.409 e. The van der Waals surface area contributed by atoms with E-state index in [-0.39, 0.29) is 5.84 Å². The second-order valence-electron chi connectivity index (χ2n) is 6.35. The Morgan fingerprint density at radius 1 is 1.33 bits per heavy atom. The van der Waals surface area contributed by atoms with Crippen molar-refractivity contribution in [2.45, 2.75) is 39.0 Å². The normalized spacial score (nSPS) is 26.5. The number of pyridine rings is 1. The minimum atomic E-state index is 0.154. The third-order valence-corrected chi connectivity index (χ3v) is 5.09. The number of anilines is 1. The second kappa shape index (κ2) is 5.92. The summed E-state index contributed by atoms with van der Waals surface area (Å²) in [7, 11) is 0. The maximum atomic E-state index is 9.04. The molecule has 1 saturated carbocycles. The number of hydrogen-bond donors (Lipinski definition) is 2. The summed E-state index contributed by atoms with van der Waals surface area (Å²) in [5.74, 6) is 2.68. The molecule has 3 rings (SSSR count). The summed E-state index contributed by atoms with van der Waals surface area (Å²) < 4.78 is 0.